The maximum atomic E-state index is 5.18. The van der Waals surface area contributed by atoms with Gasteiger partial charge in [-0.05, 0) is 36.5 Å². The summed E-state index contributed by atoms with van der Waals surface area (Å²) in [7, 11) is 1.70. The molecule has 3 rings (SSSR count). The zero-order chi connectivity index (χ0) is 13.8. The SMILES string of the molecule is COc1ccc(C2CC(NCCn3ccnn3)C2)cc1. The van der Waals surface area contributed by atoms with Crippen molar-refractivity contribution in [3.8, 4) is 5.75 Å². The number of methoxy groups -OCH3 is 1. The highest BCUT2D eigenvalue weighted by Gasteiger charge is 2.29. The summed E-state index contributed by atoms with van der Waals surface area (Å²) in [5.41, 5.74) is 1.42. The third kappa shape index (κ3) is 2.99. The van der Waals surface area contributed by atoms with E-state index in [9.17, 15) is 0 Å². The molecule has 1 aliphatic carbocycles. The predicted octanol–water partition coefficient (Wildman–Crippen LogP) is 1.82. The van der Waals surface area contributed by atoms with E-state index in [1.54, 1.807) is 13.3 Å². The standard InChI is InChI=1S/C15H20N4O/c1-20-15-4-2-12(3-5-15)13-10-14(11-13)16-6-8-19-9-7-17-18-19/h2-5,7,9,13-14,16H,6,8,10-11H2,1H3. The van der Waals surface area contributed by atoms with Crippen molar-refractivity contribution >= 4 is 0 Å². The number of ether oxygens (including phenoxy) is 1. The van der Waals surface area contributed by atoms with E-state index in [2.05, 4.69) is 27.8 Å². The number of nitrogens with zero attached hydrogens (tertiary/aromatic N) is 3. The molecule has 0 radical (unpaired) electrons. The van der Waals surface area contributed by atoms with Crippen molar-refractivity contribution in [3.63, 3.8) is 0 Å². The molecule has 106 valence electrons. The normalized spacial score (nSPS) is 21.4. The molecule has 1 saturated carbocycles. The van der Waals surface area contributed by atoms with Crippen LogP contribution < -0.4 is 10.1 Å². The quantitative estimate of drug-likeness (QED) is 0.871. The second-order valence-corrected chi connectivity index (χ2v) is 5.26. The minimum absolute atomic E-state index is 0.630. The third-order valence-electron chi connectivity index (χ3n) is 3.97. The largest absolute Gasteiger partial charge is 0.497 e. The molecular weight excluding hydrogens is 252 g/mol. The van der Waals surface area contributed by atoms with E-state index in [-0.39, 0.29) is 0 Å². The molecule has 1 N–H and O–H groups in total. The topological polar surface area (TPSA) is 52.0 Å². The van der Waals surface area contributed by atoms with Crippen LogP contribution in [0.2, 0.25) is 0 Å². The van der Waals surface area contributed by atoms with Gasteiger partial charge in [0.2, 0.25) is 0 Å². The summed E-state index contributed by atoms with van der Waals surface area (Å²) in [6.45, 7) is 1.83. The first-order valence-corrected chi connectivity index (χ1v) is 7.06. The molecule has 1 aliphatic rings. The van der Waals surface area contributed by atoms with Crippen LogP contribution in [0.5, 0.6) is 5.75 Å². The van der Waals surface area contributed by atoms with Crippen LogP contribution in [0.3, 0.4) is 0 Å². The van der Waals surface area contributed by atoms with E-state index in [4.69, 9.17) is 4.74 Å². The van der Waals surface area contributed by atoms with Gasteiger partial charge in [-0.2, -0.15) is 0 Å². The van der Waals surface area contributed by atoms with Gasteiger partial charge in [0.05, 0.1) is 19.9 Å². The van der Waals surface area contributed by atoms with Gasteiger partial charge in [0, 0.05) is 18.8 Å². The van der Waals surface area contributed by atoms with Crippen LogP contribution in [-0.4, -0.2) is 34.7 Å². The fraction of sp³-hybridized carbons (Fsp3) is 0.467. The molecule has 20 heavy (non-hydrogen) atoms. The fourth-order valence-electron chi connectivity index (χ4n) is 2.67. The highest BCUT2D eigenvalue weighted by molar-refractivity contribution is 5.30. The first-order valence-electron chi connectivity index (χ1n) is 7.06. The van der Waals surface area contributed by atoms with Crippen LogP contribution in [0.1, 0.15) is 24.3 Å². The van der Waals surface area contributed by atoms with Crippen LogP contribution in [0.4, 0.5) is 0 Å². The molecule has 0 unspecified atom stereocenters. The van der Waals surface area contributed by atoms with Gasteiger partial charge in [-0.15, -0.1) is 5.10 Å². The number of hydrogen-bond acceptors (Lipinski definition) is 4. The van der Waals surface area contributed by atoms with Crippen molar-refractivity contribution < 1.29 is 4.74 Å². The zero-order valence-corrected chi connectivity index (χ0v) is 11.7. The van der Waals surface area contributed by atoms with Gasteiger partial charge in [0.15, 0.2) is 0 Å². The predicted molar refractivity (Wildman–Crippen MR) is 76.8 cm³/mol. The van der Waals surface area contributed by atoms with E-state index < -0.39 is 0 Å². The Morgan fingerprint density at radius 2 is 2.10 bits per heavy atom. The summed E-state index contributed by atoms with van der Waals surface area (Å²) in [5.74, 6) is 1.61. The number of benzene rings is 1. The van der Waals surface area contributed by atoms with Crippen LogP contribution in [0, 0.1) is 0 Å². The maximum absolute atomic E-state index is 5.18. The molecule has 5 nitrogen and oxygen atoms in total. The molecule has 0 spiro atoms. The molecule has 0 saturated heterocycles. The van der Waals surface area contributed by atoms with Crippen LogP contribution in [-0.2, 0) is 6.54 Å². The monoisotopic (exact) mass is 272 g/mol. The average Bonchev–Trinajstić information content (AvgIpc) is 2.95. The summed E-state index contributed by atoms with van der Waals surface area (Å²) in [5, 5.41) is 11.3. The Labute approximate surface area is 118 Å². The molecule has 0 atom stereocenters. The molecule has 5 heteroatoms. The van der Waals surface area contributed by atoms with Crippen molar-refractivity contribution in [1.29, 1.82) is 0 Å². The Hall–Kier alpha value is -1.88. The van der Waals surface area contributed by atoms with E-state index in [1.807, 2.05) is 23.0 Å². The zero-order valence-electron chi connectivity index (χ0n) is 11.7. The van der Waals surface area contributed by atoms with Crippen LogP contribution in [0.15, 0.2) is 36.7 Å². The highest BCUT2D eigenvalue weighted by atomic mass is 16.5. The van der Waals surface area contributed by atoms with E-state index in [0.717, 1.165) is 18.8 Å². The van der Waals surface area contributed by atoms with E-state index in [0.29, 0.717) is 12.0 Å². The van der Waals surface area contributed by atoms with Gasteiger partial charge in [-0.3, -0.25) is 4.68 Å². The lowest BCUT2D eigenvalue weighted by Crippen LogP contribution is -2.41. The number of nitrogens with one attached hydrogen (secondary N) is 1. The summed E-state index contributed by atoms with van der Waals surface area (Å²) in [6.07, 6.45) is 6.03. The van der Waals surface area contributed by atoms with Crippen molar-refractivity contribution in [3.05, 3.63) is 42.2 Å². The molecule has 1 heterocycles. The van der Waals surface area contributed by atoms with Gasteiger partial charge >= 0.3 is 0 Å². The molecule has 1 fully saturated rings. The first-order chi connectivity index (χ1) is 9.85. The van der Waals surface area contributed by atoms with E-state index in [1.165, 1.54) is 18.4 Å². The molecule has 1 aromatic carbocycles. The fourth-order valence-corrected chi connectivity index (χ4v) is 2.67. The van der Waals surface area contributed by atoms with Gasteiger partial charge in [0.1, 0.15) is 5.75 Å². The van der Waals surface area contributed by atoms with Crippen molar-refractivity contribution in [1.82, 2.24) is 20.3 Å². The van der Waals surface area contributed by atoms with Gasteiger partial charge in [-0.25, -0.2) is 0 Å². The molecular formula is C15H20N4O. The summed E-state index contributed by atoms with van der Waals surface area (Å²) in [4.78, 5) is 0. The first kappa shape index (κ1) is 13.1. The molecule has 0 aliphatic heterocycles. The third-order valence-corrected chi connectivity index (χ3v) is 3.97. The van der Waals surface area contributed by atoms with Crippen molar-refractivity contribution in [2.75, 3.05) is 13.7 Å². The Balaban J connectivity index is 1.39. The maximum Gasteiger partial charge on any atom is 0.118 e. The van der Waals surface area contributed by atoms with Crippen molar-refractivity contribution in [2.24, 2.45) is 0 Å². The summed E-state index contributed by atoms with van der Waals surface area (Å²) >= 11 is 0. The van der Waals surface area contributed by atoms with Crippen LogP contribution in [0.25, 0.3) is 0 Å². The molecule has 1 aromatic heterocycles. The Kier molecular flexibility index (Phi) is 3.97. The lowest BCUT2D eigenvalue weighted by atomic mass is 9.76. The molecule has 2 aromatic rings. The van der Waals surface area contributed by atoms with Gasteiger partial charge < -0.3 is 10.1 Å². The second kappa shape index (κ2) is 6.05. The van der Waals surface area contributed by atoms with Gasteiger partial charge in [0.25, 0.3) is 0 Å². The smallest absolute Gasteiger partial charge is 0.118 e. The van der Waals surface area contributed by atoms with E-state index >= 15 is 0 Å². The number of aromatic nitrogens is 3. The molecule has 0 amide bonds. The Morgan fingerprint density at radius 3 is 2.75 bits per heavy atom. The Morgan fingerprint density at radius 1 is 1.30 bits per heavy atom. The van der Waals surface area contributed by atoms with Crippen LogP contribution >= 0.6 is 0 Å². The lowest BCUT2D eigenvalue weighted by Gasteiger charge is -2.36. The van der Waals surface area contributed by atoms with Crippen molar-refractivity contribution in [2.45, 2.75) is 31.3 Å². The number of hydrogen-bond donors (Lipinski definition) is 1. The number of rotatable bonds is 6. The second-order valence-electron chi connectivity index (χ2n) is 5.26. The minimum Gasteiger partial charge on any atom is -0.497 e. The highest BCUT2D eigenvalue weighted by Crippen LogP contribution is 2.37. The minimum atomic E-state index is 0.630. The Bertz CT molecular complexity index is 517. The molecule has 0 bridgehead atoms. The lowest BCUT2D eigenvalue weighted by molar-refractivity contribution is 0.286. The summed E-state index contributed by atoms with van der Waals surface area (Å²) < 4.78 is 7.04. The average molecular weight is 272 g/mol. The van der Waals surface area contributed by atoms with Gasteiger partial charge in [-0.1, -0.05) is 17.3 Å². The summed E-state index contributed by atoms with van der Waals surface area (Å²) in [6, 6.07) is 9.07.